The van der Waals surface area contributed by atoms with Gasteiger partial charge in [0.15, 0.2) is 10.8 Å². The maximum absolute atomic E-state index is 12.2. The number of carbonyl (C=O) groups is 1. The Morgan fingerprint density at radius 1 is 1.14 bits per heavy atom. The number of pyridine rings is 2. The van der Waals surface area contributed by atoms with E-state index in [1.165, 1.54) is 11.8 Å². The van der Waals surface area contributed by atoms with Crippen molar-refractivity contribution in [2.45, 2.75) is 12.1 Å². The molecule has 0 radical (unpaired) electrons. The molecule has 4 aromatic heterocycles. The fourth-order valence-electron chi connectivity index (χ4n) is 2.61. The van der Waals surface area contributed by atoms with Crippen molar-refractivity contribution in [1.82, 2.24) is 29.5 Å². The number of nitrogens with one attached hydrogen (secondary N) is 1. The first kappa shape index (κ1) is 18.8. The van der Waals surface area contributed by atoms with E-state index < -0.39 is 0 Å². The molecule has 0 aliphatic carbocycles. The van der Waals surface area contributed by atoms with Gasteiger partial charge in [-0.2, -0.15) is 4.98 Å². The minimum absolute atomic E-state index is 0.165. The highest BCUT2D eigenvalue weighted by molar-refractivity contribution is 7.99. The quantitative estimate of drug-likeness (QED) is 0.368. The standard InChI is InChI=1S/C19H17N7O2S/c1-2-28-17-14(5-3-8-20-17)13-6-7-15-23-18(25-26(15)11-13)24-16(27)12-29-19-21-9-4-10-22-19/h3-11H,2,12H2,1H3,(H,24,25,27). The molecule has 4 heterocycles. The first-order valence-corrected chi connectivity index (χ1v) is 9.86. The predicted molar refractivity (Wildman–Crippen MR) is 109 cm³/mol. The molecule has 0 unspecified atom stereocenters. The van der Waals surface area contributed by atoms with Crippen molar-refractivity contribution >= 4 is 29.3 Å². The van der Waals surface area contributed by atoms with Gasteiger partial charge in [-0.1, -0.05) is 11.8 Å². The smallest absolute Gasteiger partial charge is 0.249 e. The van der Waals surface area contributed by atoms with E-state index in [2.05, 4.69) is 30.4 Å². The Labute approximate surface area is 170 Å². The summed E-state index contributed by atoms with van der Waals surface area (Å²) in [6.45, 7) is 2.44. The number of carbonyl (C=O) groups excluding carboxylic acids is 1. The summed E-state index contributed by atoms with van der Waals surface area (Å²) in [5.41, 5.74) is 2.36. The van der Waals surface area contributed by atoms with Crippen molar-refractivity contribution in [3.8, 4) is 17.0 Å². The number of thioether (sulfide) groups is 1. The van der Waals surface area contributed by atoms with Gasteiger partial charge in [0.25, 0.3) is 0 Å². The Kier molecular flexibility index (Phi) is 5.61. The first-order chi connectivity index (χ1) is 14.2. The number of anilines is 1. The highest BCUT2D eigenvalue weighted by Gasteiger charge is 2.12. The zero-order valence-electron chi connectivity index (χ0n) is 15.5. The molecule has 10 heteroatoms. The fourth-order valence-corrected chi connectivity index (χ4v) is 3.21. The summed E-state index contributed by atoms with van der Waals surface area (Å²) in [5.74, 6) is 0.726. The van der Waals surface area contributed by atoms with Crippen LogP contribution in [-0.4, -0.2) is 47.8 Å². The van der Waals surface area contributed by atoms with Gasteiger partial charge in [-0.15, -0.1) is 5.10 Å². The Hall–Kier alpha value is -3.53. The molecule has 0 fully saturated rings. The minimum atomic E-state index is -0.232. The number of aromatic nitrogens is 6. The molecule has 0 atom stereocenters. The maximum atomic E-state index is 12.2. The average molecular weight is 407 g/mol. The number of rotatable bonds is 7. The molecule has 0 aliphatic heterocycles. The van der Waals surface area contributed by atoms with Crippen LogP contribution in [0.25, 0.3) is 16.8 Å². The molecule has 29 heavy (non-hydrogen) atoms. The molecule has 0 spiro atoms. The fraction of sp³-hybridized carbons (Fsp3) is 0.158. The summed E-state index contributed by atoms with van der Waals surface area (Å²) in [6, 6.07) is 9.25. The molecule has 9 nitrogen and oxygen atoms in total. The van der Waals surface area contributed by atoms with Gasteiger partial charge in [-0.25, -0.2) is 19.5 Å². The lowest BCUT2D eigenvalue weighted by atomic mass is 10.1. The average Bonchev–Trinajstić information content (AvgIpc) is 3.15. The van der Waals surface area contributed by atoms with E-state index in [9.17, 15) is 4.79 Å². The molecular weight excluding hydrogens is 390 g/mol. The summed E-state index contributed by atoms with van der Waals surface area (Å²) in [6.07, 6.45) is 6.78. The second kappa shape index (κ2) is 8.65. The van der Waals surface area contributed by atoms with Crippen molar-refractivity contribution in [2.24, 2.45) is 0 Å². The van der Waals surface area contributed by atoms with Crippen LogP contribution in [0, 0.1) is 0 Å². The molecule has 0 saturated heterocycles. The van der Waals surface area contributed by atoms with Crippen molar-refractivity contribution in [3.05, 3.63) is 55.1 Å². The second-order valence-corrected chi connectivity index (χ2v) is 6.76. The second-order valence-electron chi connectivity index (χ2n) is 5.81. The van der Waals surface area contributed by atoms with E-state index in [1.807, 2.05) is 37.4 Å². The molecule has 1 amide bonds. The Balaban J connectivity index is 1.49. The SMILES string of the molecule is CCOc1ncccc1-c1ccc2nc(NC(=O)CSc3ncccn3)nn2c1. The first-order valence-electron chi connectivity index (χ1n) is 8.87. The lowest BCUT2D eigenvalue weighted by Gasteiger charge is -2.08. The summed E-state index contributed by atoms with van der Waals surface area (Å²) >= 11 is 1.24. The molecule has 0 aromatic carbocycles. The monoisotopic (exact) mass is 407 g/mol. The van der Waals surface area contributed by atoms with E-state index in [-0.39, 0.29) is 17.6 Å². The van der Waals surface area contributed by atoms with Crippen molar-refractivity contribution < 1.29 is 9.53 Å². The number of fused-ring (bicyclic) bond motifs is 1. The molecule has 1 N–H and O–H groups in total. The Morgan fingerprint density at radius 2 is 1.97 bits per heavy atom. The van der Waals surface area contributed by atoms with E-state index in [0.717, 1.165) is 11.1 Å². The lowest BCUT2D eigenvalue weighted by molar-refractivity contribution is -0.113. The third-order valence-corrected chi connectivity index (χ3v) is 4.70. The van der Waals surface area contributed by atoms with Gasteiger partial charge in [0.1, 0.15) is 0 Å². The number of hydrogen-bond acceptors (Lipinski definition) is 8. The predicted octanol–water partition coefficient (Wildman–Crippen LogP) is 2.71. The molecule has 0 saturated carbocycles. The van der Waals surface area contributed by atoms with E-state index in [4.69, 9.17) is 4.74 Å². The van der Waals surface area contributed by atoms with Gasteiger partial charge in [0, 0.05) is 35.9 Å². The van der Waals surface area contributed by atoms with Crippen LogP contribution < -0.4 is 10.1 Å². The summed E-state index contributed by atoms with van der Waals surface area (Å²) < 4.78 is 7.21. The highest BCUT2D eigenvalue weighted by atomic mass is 32.2. The molecule has 0 bridgehead atoms. The summed E-state index contributed by atoms with van der Waals surface area (Å²) in [7, 11) is 0. The van der Waals surface area contributed by atoms with Crippen LogP contribution in [0.15, 0.2) is 60.3 Å². The van der Waals surface area contributed by atoms with Crippen LogP contribution in [0.4, 0.5) is 5.95 Å². The molecule has 4 rings (SSSR count). The van der Waals surface area contributed by atoms with Crippen molar-refractivity contribution in [2.75, 3.05) is 17.7 Å². The Morgan fingerprint density at radius 3 is 2.79 bits per heavy atom. The van der Waals surface area contributed by atoms with E-state index in [1.54, 1.807) is 29.2 Å². The number of amides is 1. The number of ether oxygens (including phenoxy) is 1. The van der Waals surface area contributed by atoms with E-state index >= 15 is 0 Å². The van der Waals surface area contributed by atoms with Crippen LogP contribution in [0.1, 0.15) is 6.92 Å². The van der Waals surface area contributed by atoms with Gasteiger partial charge < -0.3 is 4.74 Å². The third-order valence-electron chi connectivity index (χ3n) is 3.82. The van der Waals surface area contributed by atoms with Crippen LogP contribution in [0.5, 0.6) is 5.88 Å². The summed E-state index contributed by atoms with van der Waals surface area (Å²) in [4.78, 5) is 28.9. The topological polar surface area (TPSA) is 107 Å². The zero-order valence-corrected chi connectivity index (χ0v) is 16.3. The van der Waals surface area contributed by atoms with Crippen LogP contribution in [0.2, 0.25) is 0 Å². The molecule has 0 aliphatic rings. The van der Waals surface area contributed by atoms with Crippen LogP contribution >= 0.6 is 11.8 Å². The van der Waals surface area contributed by atoms with Crippen LogP contribution in [-0.2, 0) is 4.79 Å². The lowest BCUT2D eigenvalue weighted by Crippen LogP contribution is -2.15. The van der Waals surface area contributed by atoms with Gasteiger partial charge in [0.2, 0.25) is 17.7 Å². The van der Waals surface area contributed by atoms with Gasteiger partial charge in [0.05, 0.1) is 12.4 Å². The number of nitrogens with zero attached hydrogens (tertiary/aromatic N) is 6. The minimum Gasteiger partial charge on any atom is -0.478 e. The van der Waals surface area contributed by atoms with Crippen molar-refractivity contribution in [3.63, 3.8) is 0 Å². The zero-order chi connectivity index (χ0) is 20.1. The van der Waals surface area contributed by atoms with E-state index in [0.29, 0.717) is 23.3 Å². The Bertz CT molecular complexity index is 1130. The summed E-state index contributed by atoms with van der Waals surface area (Å²) in [5, 5.41) is 7.58. The molecule has 4 aromatic rings. The largest absolute Gasteiger partial charge is 0.478 e. The van der Waals surface area contributed by atoms with Gasteiger partial charge in [-0.05, 0) is 37.3 Å². The molecular formula is C19H17N7O2S. The van der Waals surface area contributed by atoms with Gasteiger partial charge >= 0.3 is 0 Å². The highest BCUT2D eigenvalue weighted by Crippen LogP contribution is 2.28. The van der Waals surface area contributed by atoms with Gasteiger partial charge in [-0.3, -0.25) is 10.1 Å². The van der Waals surface area contributed by atoms with Crippen molar-refractivity contribution in [1.29, 1.82) is 0 Å². The maximum Gasteiger partial charge on any atom is 0.249 e. The normalized spacial score (nSPS) is 10.8. The number of hydrogen-bond donors (Lipinski definition) is 1. The molecule has 146 valence electrons. The van der Waals surface area contributed by atoms with Crippen LogP contribution in [0.3, 0.4) is 0 Å². The third kappa shape index (κ3) is 4.49.